The Hall–Kier alpha value is -16.6. The fourth-order valence-electron chi connectivity index (χ4n) is 15.0. The van der Waals surface area contributed by atoms with Crippen molar-refractivity contribution in [2.75, 3.05) is 0 Å². The van der Waals surface area contributed by atoms with Gasteiger partial charge in [-0.15, -0.1) is 0 Å². The van der Waals surface area contributed by atoms with Crippen LogP contribution in [-0.4, -0.2) is 125 Å². The second-order valence-electron chi connectivity index (χ2n) is 27.1. The van der Waals surface area contributed by atoms with Crippen molar-refractivity contribution in [1.29, 1.82) is 0 Å². The Balaban J connectivity index is 0.000000186. The van der Waals surface area contributed by atoms with Crippen molar-refractivity contribution in [3.8, 4) is 56.5 Å². The number of non-ortho nitro benzene ring substituents is 4. The molecule has 1 N–H and O–H groups in total. The first kappa shape index (κ1) is 77.7. The minimum atomic E-state index is -2.24. The average Bonchev–Trinajstić information content (AvgIpc) is 1.70. The van der Waals surface area contributed by atoms with E-state index in [2.05, 4.69) is 15.3 Å². The Morgan fingerprint density at radius 3 is 1.17 bits per heavy atom. The van der Waals surface area contributed by atoms with E-state index in [4.69, 9.17) is 46.2 Å². The summed E-state index contributed by atoms with van der Waals surface area (Å²) in [7, 11) is 5.14. The third-order valence-corrected chi connectivity index (χ3v) is 20.5. The maximum atomic E-state index is 14.0. The number of nitro groups is 8. The molecule has 45 nitrogen and oxygen atoms in total. The van der Waals surface area contributed by atoms with Crippen LogP contribution in [0.2, 0.25) is 0 Å². The van der Waals surface area contributed by atoms with E-state index in [0.717, 1.165) is 38.1 Å². The lowest BCUT2D eigenvalue weighted by Gasteiger charge is -2.36. The van der Waals surface area contributed by atoms with E-state index in [1.54, 1.807) is 24.3 Å². The van der Waals surface area contributed by atoms with Crippen LogP contribution in [-0.2, 0) is 85.3 Å². The van der Waals surface area contributed by atoms with E-state index < -0.39 is 218 Å². The number of cyclic esters (lactones) is 2. The molecule has 4 atom stereocenters. The molecule has 4 aliphatic heterocycles. The third-order valence-electron chi connectivity index (χ3n) is 20.5. The first-order chi connectivity index (χ1) is 56.5. The zero-order valence-corrected chi connectivity index (χ0v) is 60.8. The van der Waals surface area contributed by atoms with Crippen LogP contribution in [0, 0.1) is 80.9 Å². The lowest BCUT2D eigenvalue weighted by molar-refractivity contribution is -0.395. The zero-order chi connectivity index (χ0) is 85.3. The van der Waals surface area contributed by atoms with E-state index in [9.17, 15) is 120 Å². The Kier molecular flexibility index (Phi) is 18.6. The number of carbonyl (C=O) groups excluding carboxylic acids is 5. The summed E-state index contributed by atoms with van der Waals surface area (Å²) in [4.78, 5) is 202. The summed E-state index contributed by atoms with van der Waals surface area (Å²) in [6, 6.07) is 21.1. The molecule has 6 aliphatic rings. The Morgan fingerprint density at radius 1 is 0.496 bits per heavy atom. The van der Waals surface area contributed by atoms with Gasteiger partial charge in [-0.25, -0.2) is 29.1 Å². The largest absolute Gasteiger partial charge is 0.508 e. The number of phenols is 1. The summed E-state index contributed by atoms with van der Waals surface area (Å²) in [6.07, 6.45) is -4.05. The van der Waals surface area contributed by atoms with Gasteiger partial charge < -0.3 is 47.6 Å². The van der Waals surface area contributed by atoms with Crippen molar-refractivity contribution in [3.05, 3.63) is 266 Å². The quantitative estimate of drug-likeness (QED) is 0.0259. The molecule has 2 aliphatic carbocycles. The van der Waals surface area contributed by atoms with Crippen molar-refractivity contribution in [2.24, 2.45) is 10.3 Å². The van der Waals surface area contributed by atoms with Gasteiger partial charge in [0, 0.05) is 79.5 Å². The number of pyridine rings is 4. The Morgan fingerprint density at radius 2 is 0.840 bits per heavy atom. The maximum Gasteiger partial charge on any atom is 0.355 e. The van der Waals surface area contributed by atoms with Crippen molar-refractivity contribution in [2.45, 2.75) is 90.2 Å². The number of ether oxygens (including phenoxy) is 5. The Labute approximate surface area is 658 Å². The first-order valence-corrected chi connectivity index (χ1v) is 34.7. The standard InChI is InChI=1S/C37H22BN7O16.C36H23N7O15/c1-3-37(24-12-28-31-17(13-41(28)33(46)23(24)14-58-35(37)48)6-16-7-20(59-36(38)49)4-5-25(16)39-31)60-34(47)15(2)61-40-32-21-8-18(42(50)51)10-26(44(54)55)29(21)30-22(32)9-19(43(52)53)11-27(30)45(56)57;1-3-36(24-12-28-31-17(6-16-7-20(44)4-5-25(16)37-31)13-39(28)33(45)23(24)14-56-35(36)47)57-34(46)15(2)58-38-32-21-8-18(40(48)49)10-26(42(52)53)29(21)30-22(32)9-19(41(50)51)11-27(30)43(54)55/h4-12,15H,3,13-14H2,1-2H3;4-12,15,44H,3,13-14H2,1-2H3/t15-,37+;15-,36+/m11/s1. The van der Waals surface area contributed by atoms with E-state index in [0.29, 0.717) is 74.3 Å². The van der Waals surface area contributed by atoms with Crippen LogP contribution in [0.1, 0.15) is 96.2 Å². The molecule has 10 aromatic rings. The van der Waals surface area contributed by atoms with Crippen LogP contribution in [0.4, 0.5) is 50.3 Å². The normalized spacial score (nSPS) is 16.1. The fourth-order valence-corrected chi connectivity index (χ4v) is 15.0. The molecule has 8 heterocycles. The lowest BCUT2D eigenvalue weighted by atomic mass is 9.85. The predicted molar refractivity (Wildman–Crippen MR) is 400 cm³/mol. The molecule has 0 amide bonds. The molecule has 4 aromatic heterocycles. The average molecular weight is 1630 g/mol. The molecule has 119 heavy (non-hydrogen) atoms. The van der Waals surface area contributed by atoms with Crippen LogP contribution in [0.15, 0.2) is 129 Å². The minimum absolute atomic E-state index is 0.00722. The summed E-state index contributed by atoms with van der Waals surface area (Å²) >= 11 is 0. The third kappa shape index (κ3) is 12.7. The first-order valence-electron chi connectivity index (χ1n) is 34.7. The van der Waals surface area contributed by atoms with Crippen LogP contribution in [0.25, 0.3) is 66.8 Å². The molecule has 0 fully saturated rings. The lowest BCUT2D eigenvalue weighted by Crippen LogP contribution is -2.48. The van der Waals surface area contributed by atoms with E-state index in [1.807, 2.05) is 0 Å². The number of hydrogen-bond acceptors (Lipinski definition) is 35. The number of nitro benzene ring substituents is 8. The maximum absolute atomic E-state index is 14.0. The van der Waals surface area contributed by atoms with Gasteiger partial charge in [0.1, 0.15) is 36.1 Å². The number of benzene rings is 6. The minimum Gasteiger partial charge on any atom is -0.508 e. The highest BCUT2D eigenvalue weighted by Crippen LogP contribution is 2.53. The number of nitrogens with zero attached hydrogens (tertiary/aromatic N) is 14. The van der Waals surface area contributed by atoms with Crippen LogP contribution < -0.4 is 15.9 Å². The van der Waals surface area contributed by atoms with Crippen molar-refractivity contribution in [3.63, 3.8) is 0 Å². The van der Waals surface area contributed by atoms with Gasteiger partial charge in [0.2, 0.25) is 37.1 Å². The highest BCUT2D eigenvalue weighted by molar-refractivity contribution is 6.55. The number of aromatic hydroxyl groups is 1. The molecular weight excluding hydrogens is 1580 g/mol. The zero-order valence-electron chi connectivity index (χ0n) is 60.8. The molecule has 0 unspecified atom stereocenters. The molecule has 596 valence electrons. The molecule has 2 radical (unpaired) electrons. The number of phenolic OH excluding ortho intramolecular Hbond substituents is 1. The van der Waals surface area contributed by atoms with Gasteiger partial charge >= 0.3 is 23.9 Å². The summed E-state index contributed by atoms with van der Waals surface area (Å²) in [6.45, 7) is 4.46. The smallest absolute Gasteiger partial charge is 0.355 e. The topological polar surface area (TPSA) is 610 Å². The molecule has 6 aromatic carbocycles. The van der Waals surface area contributed by atoms with Crippen molar-refractivity contribution >= 4 is 116 Å². The summed E-state index contributed by atoms with van der Waals surface area (Å²) in [5.41, 5.74) is -14.1. The number of carbonyl (C=O) groups is 5. The monoisotopic (exact) mass is 1620 g/mol. The van der Waals surface area contributed by atoms with Crippen molar-refractivity contribution in [1.82, 2.24) is 19.1 Å². The highest BCUT2D eigenvalue weighted by Gasteiger charge is 2.54. The predicted octanol–water partition coefficient (Wildman–Crippen LogP) is 9.58. The van der Waals surface area contributed by atoms with Crippen molar-refractivity contribution < 1.29 is 102 Å². The van der Waals surface area contributed by atoms with Gasteiger partial charge in [-0.2, -0.15) is 0 Å². The highest BCUT2D eigenvalue weighted by atomic mass is 16.7. The molecule has 0 saturated carbocycles. The number of esters is 4. The molecular formula is C73H45BN14O31. The SMILES string of the molecule is CC[C@@]1(OC(=O)[C@@H](C)ON=C2c3cc([N+](=O)[O-])cc([N+](=O)[O-])c3-c3c2cc([N+](=O)[O-])cc3[N+](=O)[O-])C(=O)OCc2c1cc1n(c2=O)Cc2cc3cc(O)ccc3nc2-1.[B]C(=O)Oc1ccc2nc3c(cc2c1)Cn1c-3cc2c(c1=O)COC(=O)[C@@]2(CC)OC(=O)[C@@H](C)ON=C1c2cc([N+](=O)[O-])cc([N+](=O)[O-])c2-c2c1cc([N+](=O)[O-])cc2[N+](=O)[O-]. The van der Waals surface area contributed by atoms with Gasteiger partial charge in [-0.1, -0.05) is 24.2 Å². The second kappa shape index (κ2) is 28.5. The summed E-state index contributed by atoms with van der Waals surface area (Å²) in [5, 5.41) is 115. The van der Waals surface area contributed by atoms with Gasteiger partial charge in [0.25, 0.3) is 56.6 Å². The fraction of sp³-hybridized carbons (Fsp3) is 0.192. The molecule has 46 heteroatoms. The van der Waals surface area contributed by atoms with Gasteiger partial charge in [0.05, 0.1) is 144 Å². The second-order valence-corrected chi connectivity index (χ2v) is 27.1. The summed E-state index contributed by atoms with van der Waals surface area (Å²) < 4.78 is 30.2. The van der Waals surface area contributed by atoms with Crippen LogP contribution >= 0.6 is 0 Å². The van der Waals surface area contributed by atoms with Gasteiger partial charge in [-0.05, 0) is 87.4 Å². The number of fused-ring (bicyclic) bond motifs is 16. The molecule has 0 bridgehead atoms. The molecule has 0 spiro atoms. The van der Waals surface area contributed by atoms with Crippen LogP contribution in [0.5, 0.6) is 11.5 Å². The van der Waals surface area contributed by atoms with E-state index >= 15 is 0 Å². The van der Waals surface area contributed by atoms with Crippen LogP contribution in [0.3, 0.4) is 0 Å². The molecule has 0 saturated heterocycles. The molecule has 16 rings (SSSR count). The Bertz CT molecular complexity index is 6530. The van der Waals surface area contributed by atoms with Gasteiger partial charge in [-0.3, -0.25) is 95.3 Å². The number of aromatic nitrogens is 4. The van der Waals surface area contributed by atoms with Gasteiger partial charge in [0.15, 0.2) is 0 Å². The number of rotatable bonds is 19. The summed E-state index contributed by atoms with van der Waals surface area (Å²) in [5.74, 6) is -5.42. The number of hydrogen-bond donors (Lipinski definition) is 1. The van der Waals surface area contributed by atoms with E-state index in [1.165, 1.54) is 59.4 Å². The number of oxime groups is 2. The van der Waals surface area contributed by atoms with E-state index in [-0.39, 0.29) is 65.4 Å².